The average Bonchev–Trinajstić information content (AvgIpc) is 3.01. The van der Waals surface area contributed by atoms with E-state index >= 15 is 0 Å². The lowest BCUT2D eigenvalue weighted by atomic mass is 9.91. The number of aromatic nitrogens is 3. The summed E-state index contributed by atoms with van der Waals surface area (Å²) < 4.78 is 7.24. The van der Waals surface area contributed by atoms with Gasteiger partial charge in [0.2, 0.25) is 0 Å². The molecule has 0 amide bonds. The van der Waals surface area contributed by atoms with Gasteiger partial charge >= 0.3 is 0 Å². The van der Waals surface area contributed by atoms with E-state index in [4.69, 9.17) is 10.5 Å². The van der Waals surface area contributed by atoms with Crippen molar-refractivity contribution in [2.24, 2.45) is 0 Å². The Morgan fingerprint density at radius 2 is 2.24 bits per heavy atom. The number of aliphatic hydroxyl groups is 3. The quantitative estimate of drug-likeness (QED) is 0.595. The van der Waals surface area contributed by atoms with Gasteiger partial charge in [0.05, 0.1) is 12.0 Å². The Kier molecular flexibility index (Phi) is 3.33. The summed E-state index contributed by atoms with van der Waals surface area (Å²) in [5, 5.41) is 30.9. The third-order valence-electron chi connectivity index (χ3n) is 4.13. The number of fused-ring (bicyclic) bond motifs is 1. The first-order valence-electron chi connectivity index (χ1n) is 6.76. The molecule has 0 aliphatic carbocycles. The monoisotopic (exact) mass is 294 g/mol. The molecule has 0 saturated carbocycles. The molecule has 2 aromatic rings. The highest BCUT2D eigenvalue weighted by Crippen LogP contribution is 2.42. The van der Waals surface area contributed by atoms with Crippen molar-refractivity contribution >= 4 is 16.9 Å². The van der Waals surface area contributed by atoms with Gasteiger partial charge in [-0.1, -0.05) is 6.92 Å². The third kappa shape index (κ3) is 1.91. The SMILES string of the molecule is CC[C@]1(O)C(n2ccc3c(N)ncnc32)O[C@H](CO)[C@H]1O. The van der Waals surface area contributed by atoms with Crippen LogP contribution >= 0.6 is 0 Å². The molecule has 0 radical (unpaired) electrons. The first-order valence-corrected chi connectivity index (χ1v) is 6.76. The molecule has 21 heavy (non-hydrogen) atoms. The molecule has 114 valence electrons. The van der Waals surface area contributed by atoms with Crippen molar-refractivity contribution in [1.82, 2.24) is 14.5 Å². The highest BCUT2D eigenvalue weighted by Gasteiger charge is 2.55. The third-order valence-corrected chi connectivity index (χ3v) is 4.13. The van der Waals surface area contributed by atoms with Gasteiger partial charge in [-0.2, -0.15) is 0 Å². The van der Waals surface area contributed by atoms with E-state index in [9.17, 15) is 15.3 Å². The second-order valence-electron chi connectivity index (χ2n) is 5.22. The molecule has 4 atom stereocenters. The highest BCUT2D eigenvalue weighted by molar-refractivity contribution is 5.86. The number of nitrogens with two attached hydrogens (primary N) is 1. The summed E-state index contributed by atoms with van der Waals surface area (Å²) in [5.74, 6) is 0.330. The van der Waals surface area contributed by atoms with Crippen LogP contribution in [0.3, 0.4) is 0 Å². The Labute approximate surface area is 120 Å². The number of nitrogen functional groups attached to an aromatic ring is 1. The molecule has 3 rings (SSSR count). The zero-order valence-corrected chi connectivity index (χ0v) is 11.5. The zero-order chi connectivity index (χ0) is 15.2. The summed E-state index contributed by atoms with van der Waals surface area (Å²) in [6.07, 6.45) is 0.365. The maximum absolute atomic E-state index is 10.7. The molecule has 8 heteroatoms. The fraction of sp³-hybridized carbons (Fsp3) is 0.538. The van der Waals surface area contributed by atoms with Crippen molar-refractivity contribution < 1.29 is 20.1 Å². The molecular weight excluding hydrogens is 276 g/mol. The van der Waals surface area contributed by atoms with E-state index in [2.05, 4.69) is 9.97 Å². The summed E-state index contributed by atoms with van der Waals surface area (Å²) in [6.45, 7) is 1.37. The predicted molar refractivity (Wildman–Crippen MR) is 74.2 cm³/mol. The van der Waals surface area contributed by atoms with Gasteiger partial charge in [-0.15, -0.1) is 0 Å². The molecule has 1 aliphatic rings. The van der Waals surface area contributed by atoms with E-state index in [0.717, 1.165) is 0 Å². The smallest absolute Gasteiger partial charge is 0.167 e. The summed E-state index contributed by atoms with van der Waals surface area (Å²) in [4.78, 5) is 8.07. The first kappa shape index (κ1) is 14.2. The maximum Gasteiger partial charge on any atom is 0.167 e. The van der Waals surface area contributed by atoms with Crippen molar-refractivity contribution in [1.29, 1.82) is 0 Å². The van der Waals surface area contributed by atoms with E-state index in [-0.39, 0.29) is 13.0 Å². The molecule has 1 fully saturated rings. The van der Waals surface area contributed by atoms with Gasteiger partial charge in [-0.3, -0.25) is 0 Å². The van der Waals surface area contributed by atoms with Gasteiger partial charge in [0, 0.05) is 6.20 Å². The molecule has 0 spiro atoms. The van der Waals surface area contributed by atoms with Crippen LogP contribution in [0.15, 0.2) is 18.6 Å². The topological polar surface area (TPSA) is 127 Å². The van der Waals surface area contributed by atoms with Crippen LogP contribution in [0.5, 0.6) is 0 Å². The number of hydrogen-bond acceptors (Lipinski definition) is 7. The number of aliphatic hydroxyl groups excluding tert-OH is 2. The minimum atomic E-state index is -1.51. The molecule has 1 saturated heterocycles. The lowest BCUT2D eigenvalue weighted by molar-refractivity contribution is -0.109. The minimum absolute atomic E-state index is 0.259. The Morgan fingerprint density at radius 1 is 1.48 bits per heavy atom. The lowest BCUT2D eigenvalue weighted by Gasteiger charge is -2.30. The van der Waals surface area contributed by atoms with E-state index in [1.165, 1.54) is 6.33 Å². The summed E-state index contributed by atoms with van der Waals surface area (Å²) >= 11 is 0. The van der Waals surface area contributed by atoms with E-state index in [0.29, 0.717) is 16.9 Å². The van der Waals surface area contributed by atoms with Crippen molar-refractivity contribution in [2.75, 3.05) is 12.3 Å². The maximum atomic E-state index is 10.7. The molecule has 1 aliphatic heterocycles. The van der Waals surface area contributed by atoms with Gasteiger partial charge in [0.15, 0.2) is 6.23 Å². The van der Waals surface area contributed by atoms with Gasteiger partial charge in [0.1, 0.15) is 35.6 Å². The average molecular weight is 294 g/mol. The Balaban J connectivity index is 2.11. The van der Waals surface area contributed by atoms with Crippen LogP contribution in [0.4, 0.5) is 5.82 Å². The summed E-state index contributed by atoms with van der Waals surface area (Å²) in [5.41, 5.74) is 4.78. The molecule has 8 nitrogen and oxygen atoms in total. The Bertz CT molecular complexity index is 661. The first-order chi connectivity index (χ1) is 10.0. The van der Waals surface area contributed by atoms with Crippen LogP contribution < -0.4 is 5.73 Å². The predicted octanol–water partition coefficient (Wildman–Crippen LogP) is -0.595. The molecule has 5 N–H and O–H groups in total. The standard InChI is InChI=1S/C13H18N4O4/c1-2-13(20)9(19)8(5-18)21-12(13)17-4-3-7-10(14)15-6-16-11(7)17/h3-4,6,8-9,12,18-20H,2,5H2,1H3,(H2,14,15,16)/t8-,9-,12?,13-/m1/s1. The normalized spacial score (nSPS) is 32.9. The van der Waals surface area contributed by atoms with Crippen molar-refractivity contribution in [3.8, 4) is 0 Å². The number of nitrogens with zero attached hydrogens (tertiary/aromatic N) is 3. The van der Waals surface area contributed by atoms with E-state index < -0.39 is 24.0 Å². The number of rotatable bonds is 3. The highest BCUT2D eigenvalue weighted by atomic mass is 16.6. The number of ether oxygens (including phenoxy) is 1. The zero-order valence-electron chi connectivity index (χ0n) is 11.5. The van der Waals surface area contributed by atoms with Gasteiger partial charge in [0.25, 0.3) is 0 Å². The van der Waals surface area contributed by atoms with Crippen molar-refractivity contribution in [3.63, 3.8) is 0 Å². The molecule has 2 aromatic heterocycles. The van der Waals surface area contributed by atoms with Crippen LogP contribution in [0.1, 0.15) is 19.6 Å². The Hall–Kier alpha value is -1.74. The second-order valence-corrected chi connectivity index (χ2v) is 5.22. The van der Waals surface area contributed by atoms with Gasteiger partial charge in [-0.05, 0) is 12.5 Å². The van der Waals surface area contributed by atoms with Crippen LogP contribution in [0.2, 0.25) is 0 Å². The van der Waals surface area contributed by atoms with Gasteiger partial charge < -0.3 is 30.4 Å². The molecule has 0 aromatic carbocycles. The summed E-state index contributed by atoms with van der Waals surface area (Å²) in [6, 6.07) is 1.72. The fourth-order valence-electron chi connectivity index (χ4n) is 2.84. The lowest BCUT2D eigenvalue weighted by Crippen LogP contribution is -2.46. The molecule has 3 heterocycles. The number of anilines is 1. The molecule has 1 unspecified atom stereocenters. The van der Waals surface area contributed by atoms with E-state index in [1.807, 2.05) is 0 Å². The van der Waals surface area contributed by atoms with Crippen molar-refractivity contribution in [3.05, 3.63) is 18.6 Å². The second kappa shape index (κ2) is 4.92. The fourth-order valence-corrected chi connectivity index (χ4v) is 2.84. The minimum Gasteiger partial charge on any atom is -0.394 e. The van der Waals surface area contributed by atoms with Crippen LogP contribution in [0, 0.1) is 0 Å². The molecular formula is C13H18N4O4. The van der Waals surface area contributed by atoms with Crippen LogP contribution in [-0.4, -0.2) is 54.3 Å². The summed E-state index contributed by atoms with van der Waals surface area (Å²) in [7, 11) is 0. The molecule has 0 bridgehead atoms. The van der Waals surface area contributed by atoms with Crippen LogP contribution in [-0.2, 0) is 4.74 Å². The largest absolute Gasteiger partial charge is 0.394 e. The van der Waals surface area contributed by atoms with E-state index in [1.54, 1.807) is 23.8 Å². The van der Waals surface area contributed by atoms with Crippen LogP contribution in [0.25, 0.3) is 11.0 Å². The Morgan fingerprint density at radius 3 is 2.90 bits per heavy atom. The van der Waals surface area contributed by atoms with Crippen molar-refractivity contribution in [2.45, 2.75) is 37.4 Å². The van der Waals surface area contributed by atoms with Gasteiger partial charge in [-0.25, -0.2) is 9.97 Å². The number of hydrogen-bond donors (Lipinski definition) is 4.